The molecule has 4 nitrogen and oxygen atoms in total. The second-order valence-corrected chi connectivity index (χ2v) is 4.55. The fraction of sp³-hybridized carbons (Fsp3) is 0.545. The quantitative estimate of drug-likeness (QED) is 0.725. The molecule has 1 heterocycles. The first-order chi connectivity index (χ1) is 11.5. The van der Waals surface area contributed by atoms with E-state index >= 15 is 0 Å². The molecule has 150 valence electrons. The van der Waals surface area contributed by atoms with Gasteiger partial charge in [-0.15, -0.1) is 0 Å². The van der Waals surface area contributed by atoms with Gasteiger partial charge in [0.15, 0.2) is 0 Å². The highest BCUT2D eigenvalue weighted by atomic mass is 19.4. The van der Waals surface area contributed by atoms with Gasteiger partial charge in [0.2, 0.25) is 0 Å². The maximum atomic E-state index is 13.8. The molecule has 0 saturated carbocycles. The van der Waals surface area contributed by atoms with Gasteiger partial charge in [0, 0.05) is 0 Å². The molecule has 0 saturated heterocycles. The molecule has 26 heavy (non-hydrogen) atoms. The third-order valence-electron chi connectivity index (χ3n) is 2.65. The van der Waals surface area contributed by atoms with E-state index in [-0.39, 0.29) is 5.76 Å². The lowest BCUT2D eigenvalue weighted by atomic mass is 10.2. The van der Waals surface area contributed by atoms with Gasteiger partial charge in [0.1, 0.15) is 5.76 Å². The van der Waals surface area contributed by atoms with Crippen molar-refractivity contribution in [1.82, 2.24) is 5.32 Å². The molecule has 1 aromatic rings. The molecule has 1 amide bonds. The van der Waals surface area contributed by atoms with Crippen LogP contribution in [0.25, 0.3) is 0 Å². The Morgan fingerprint density at radius 3 is 1.88 bits per heavy atom. The zero-order chi connectivity index (χ0) is 20.6. The van der Waals surface area contributed by atoms with Gasteiger partial charge in [-0.2, -0.15) is 48.3 Å². The monoisotopic (exact) mass is 409 g/mol. The van der Waals surface area contributed by atoms with Crippen molar-refractivity contribution in [3.63, 3.8) is 0 Å². The molecular formula is C11H6F11NO3. The first kappa shape index (κ1) is 22.0. The Morgan fingerprint density at radius 2 is 1.50 bits per heavy atom. The zero-order valence-corrected chi connectivity index (χ0v) is 11.8. The summed E-state index contributed by atoms with van der Waals surface area (Å²) in [5.74, 6) is -16.9. The summed E-state index contributed by atoms with van der Waals surface area (Å²) in [6.45, 7) is -1.04. The Balaban J connectivity index is 3.14. The number of halogens is 11. The summed E-state index contributed by atoms with van der Waals surface area (Å²) >= 11 is 0. The standard InChI is InChI=1S/C11H6F11NO3/c12-7(9(15,16)17,6(24)23-4-5-2-1-3-25-5)26-11(21,22)8(13,14)10(18,19)20/h1-3H,4H2,(H,23,24). The van der Waals surface area contributed by atoms with Crippen molar-refractivity contribution in [2.24, 2.45) is 0 Å². The Bertz CT molecular complexity index is 622. The summed E-state index contributed by atoms with van der Waals surface area (Å²) in [4.78, 5) is 11.2. The minimum absolute atomic E-state index is 0.324. The predicted octanol–water partition coefficient (Wildman–Crippen LogP) is 3.93. The van der Waals surface area contributed by atoms with Crippen LogP contribution in [0.1, 0.15) is 5.76 Å². The lowest BCUT2D eigenvalue weighted by molar-refractivity contribution is -0.473. The minimum atomic E-state index is -7.23. The van der Waals surface area contributed by atoms with E-state index in [2.05, 4.69) is 9.15 Å². The number of carbonyl (C=O) groups is 1. The lowest BCUT2D eigenvalue weighted by Gasteiger charge is -2.34. The smallest absolute Gasteiger partial charge is 0.462 e. The van der Waals surface area contributed by atoms with Crippen LogP contribution >= 0.6 is 0 Å². The SMILES string of the molecule is O=C(NCc1ccco1)C(F)(OC(F)(F)C(F)(F)C(F)(F)F)C(F)(F)F. The number of rotatable bonds is 6. The first-order valence-electron chi connectivity index (χ1n) is 6.04. The molecule has 1 atom stereocenters. The maximum absolute atomic E-state index is 13.8. The van der Waals surface area contributed by atoms with E-state index < -0.39 is 42.7 Å². The molecular weight excluding hydrogens is 403 g/mol. The largest absolute Gasteiger partial charge is 0.467 e. The fourth-order valence-electron chi connectivity index (χ4n) is 1.33. The molecule has 0 aliphatic heterocycles. The number of amides is 1. The lowest BCUT2D eigenvalue weighted by Crippen LogP contribution is -2.63. The summed E-state index contributed by atoms with van der Waals surface area (Å²) < 4.78 is 145. The third-order valence-corrected chi connectivity index (χ3v) is 2.65. The van der Waals surface area contributed by atoms with Gasteiger partial charge in [-0.1, -0.05) is 0 Å². The number of ether oxygens (including phenoxy) is 1. The molecule has 1 rings (SSSR count). The Hall–Kier alpha value is -2.06. The number of nitrogens with one attached hydrogen (secondary N) is 1. The zero-order valence-electron chi connectivity index (χ0n) is 11.8. The highest BCUT2D eigenvalue weighted by Gasteiger charge is 2.79. The fourth-order valence-corrected chi connectivity index (χ4v) is 1.33. The summed E-state index contributed by atoms with van der Waals surface area (Å²) in [7, 11) is 0. The van der Waals surface area contributed by atoms with Gasteiger partial charge in [0.05, 0.1) is 12.8 Å². The second kappa shape index (κ2) is 6.59. The Kier molecular flexibility index (Phi) is 5.57. The number of furan rings is 1. The molecule has 15 heteroatoms. The Morgan fingerprint density at radius 1 is 0.962 bits per heavy atom. The van der Waals surface area contributed by atoms with Gasteiger partial charge < -0.3 is 9.73 Å². The molecule has 1 aromatic heterocycles. The molecule has 0 fully saturated rings. The highest BCUT2D eigenvalue weighted by molar-refractivity contribution is 5.84. The van der Waals surface area contributed by atoms with Crippen LogP contribution in [0.2, 0.25) is 0 Å². The summed E-state index contributed by atoms with van der Waals surface area (Å²) in [6, 6.07) is 2.18. The Labute approximate surface area is 135 Å². The molecule has 0 aliphatic rings. The molecule has 1 N–H and O–H groups in total. The highest BCUT2D eigenvalue weighted by Crippen LogP contribution is 2.50. The maximum Gasteiger partial charge on any atom is 0.462 e. The van der Waals surface area contributed by atoms with Crippen molar-refractivity contribution in [1.29, 1.82) is 0 Å². The van der Waals surface area contributed by atoms with Crippen molar-refractivity contribution in [3.05, 3.63) is 24.2 Å². The van der Waals surface area contributed by atoms with Gasteiger partial charge >= 0.3 is 30.2 Å². The van der Waals surface area contributed by atoms with Crippen molar-refractivity contribution in [2.75, 3.05) is 0 Å². The van der Waals surface area contributed by atoms with Crippen LogP contribution in [0.4, 0.5) is 48.3 Å². The van der Waals surface area contributed by atoms with E-state index in [1.54, 1.807) is 0 Å². The van der Waals surface area contributed by atoms with Crippen LogP contribution in [0.15, 0.2) is 22.8 Å². The molecule has 1 unspecified atom stereocenters. The average Bonchev–Trinajstić information content (AvgIpc) is 2.94. The van der Waals surface area contributed by atoms with E-state index in [9.17, 15) is 53.1 Å². The van der Waals surface area contributed by atoms with Crippen molar-refractivity contribution in [3.8, 4) is 0 Å². The predicted molar refractivity (Wildman–Crippen MR) is 57.5 cm³/mol. The van der Waals surface area contributed by atoms with E-state index in [4.69, 9.17) is 0 Å². The van der Waals surface area contributed by atoms with Crippen LogP contribution in [-0.2, 0) is 16.1 Å². The van der Waals surface area contributed by atoms with Crippen LogP contribution < -0.4 is 5.32 Å². The number of hydrogen-bond donors (Lipinski definition) is 1. The van der Waals surface area contributed by atoms with Gasteiger partial charge in [-0.25, -0.2) is 0 Å². The number of carbonyl (C=O) groups excluding carboxylic acids is 1. The summed E-state index contributed by atoms with van der Waals surface area (Å²) in [5.41, 5.74) is 0. The summed E-state index contributed by atoms with van der Waals surface area (Å²) in [6.07, 6.45) is -20.0. The van der Waals surface area contributed by atoms with Crippen LogP contribution in [0.5, 0.6) is 0 Å². The van der Waals surface area contributed by atoms with Gasteiger partial charge in [-0.3, -0.25) is 9.53 Å². The molecule has 0 radical (unpaired) electrons. The molecule has 0 aromatic carbocycles. The summed E-state index contributed by atoms with van der Waals surface area (Å²) in [5, 5.41) is 1.03. The normalized spacial score (nSPS) is 16.3. The van der Waals surface area contributed by atoms with Gasteiger partial charge in [-0.05, 0) is 12.1 Å². The van der Waals surface area contributed by atoms with Crippen molar-refractivity contribution < 1.29 is 62.2 Å². The van der Waals surface area contributed by atoms with Crippen molar-refractivity contribution >= 4 is 5.91 Å². The van der Waals surface area contributed by atoms with Gasteiger partial charge in [0.25, 0.3) is 5.91 Å². The molecule has 0 aliphatic carbocycles. The van der Waals surface area contributed by atoms with Crippen LogP contribution in [0.3, 0.4) is 0 Å². The van der Waals surface area contributed by atoms with E-state index in [0.29, 0.717) is 0 Å². The first-order valence-corrected chi connectivity index (χ1v) is 6.04. The number of hydrogen-bond acceptors (Lipinski definition) is 3. The third kappa shape index (κ3) is 4.02. The molecule has 0 spiro atoms. The van der Waals surface area contributed by atoms with Crippen LogP contribution in [0, 0.1) is 0 Å². The average molecular weight is 409 g/mol. The second-order valence-electron chi connectivity index (χ2n) is 4.55. The van der Waals surface area contributed by atoms with E-state index in [0.717, 1.165) is 23.7 Å². The van der Waals surface area contributed by atoms with Crippen LogP contribution in [-0.4, -0.2) is 36.1 Å². The van der Waals surface area contributed by atoms with E-state index in [1.165, 1.54) is 0 Å². The van der Waals surface area contributed by atoms with Crippen molar-refractivity contribution in [2.45, 2.75) is 36.8 Å². The minimum Gasteiger partial charge on any atom is -0.467 e. The topological polar surface area (TPSA) is 51.5 Å². The number of alkyl halides is 11. The molecule has 0 bridgehead atoms. The van der Waals surface area contributed by atoms with E-state index in [1.807, 2.05) is 0 Å².